The van der Waals surface area contributed by atoms with Gasteiger partial charge in [-0.3, -0.25) is 4.79 Å². The highest BCUT2D eigenvalue weighted by Gasteiger charge is 2.30. The molecule has 0 radical (unpaired) electrons. The predicted molar refractivity (Wildman–Crippen MR) is 102 cm³/mol. The predicted octanol–water partition coefficient (Wildman–Crippen LogP) is 5.35. The van der Waals surface area contributed by atoms with E-state index in [4.69, 9.17) is 0 Å². The van der Waals surface area contributed by atoms with Gasteiger partial charge in [-0.2, -0.15) is 13.2 Å². The highest BCUT2D eigenvalue weighted by molar-refractivity contribution is 6.02. The lowest BCUT2D eigenvalue weighted by Gasteiger charge is -2.28. The van der Waals surface area contributed by atoms with E-state index in [9.17, 15) is 18.0 Å². The van der Waals surface area contributed by atoms with Gasteiger partial charge in [0.05, 0.1) is 5.56 Å². The monoisotopic (exact) mass is 374 g/mol. The standard InChI is InChI=1S/C21H21F3N2O/c22-21(23,24)17-6-4-5-16(15-17)7-12-20(27)25-18-8-10-19(11-9-18)26-13-2-1-3-14-26/h4-12,15H,1-3,13-14H2,(H,25,27)/b12-7+. The van der Waals surface area contributed by atoms with E-state index in [1.165, 1.54) is 43.5 Å². The van der Waals surface area contributed by atoms with Gasteiger partial charge in [-0.15, -0.1) is 0 Å². The number of alkyl halides is 3. The summed E-state index contributed by atoms with van der Waals surface area (Å²) in [5.74, 6) is -0.391. The second-order valence-electron chi connectivity index (χ2n) is 6.54. The van der Waals surface area contributed by atoms with Gasteiger partial charge in [0.25, 0.3) is 0 Å². The zero-order valence-electron chi connectivity index (χ0n) is 14.8. The molecule has 2 aromatic rings. The molecular formula is C21H21F3N2O. The maximum atomic E-state index is 12.7. The average molecular weight is 374 g/mol. The Balaban J connectivity index is 1.59. The van der Waals surface area contributed by atoms with Gasteiger partial charge in [-0.05, 0) is 67.3 Å². The molecule has 142 valence electrons. The Labute approximate surface area is 156 Å². The van der Waals surface area contributed by atoms with Gasteiger partial charge >= 0.3 is 6.18 Å². The number of nitrogens with zero attached hydrogens (tertiary/aromatic N) is 1. The SMILES string of the molecule is O=C(/C=C/c1cccc(C(F)(F)F)c1)Nc1ccc(N2CCCCC2)cc1. The minimum Gasteiger partial charge on any atom is -0.372 e. The summed E-state index contributed by atoms with van der Waals surface area (Å²) in [6, 6.07) is 12.5. The van der Waals surface area contributed by atoms with Crippen LogP contribution in [-0.4, -0.2) is 19.0 Å². The molecule has 1 amide bonds. The second-order valence-corrected chi connectivity index (χ2v) is 6.54. The summed E-state index contributed by atoms with van der Waals surface area (Å²) in [5, 5.41) is 2.72. The zero-order chi connectivity index (χ0) is 19.3. The molecule has 0 unspecified atom stereocenters. The van der Waals surface area contributed by atoms with Crippen molar-refractivity contribution in [1.82, 2.24) is 0 Å². The van der Waals surface area contributed by atoms with Crippen LogP contribution in [0.1, 0.15) is 30.4 Å². The molecule has 1 fully saturated rings. The first-order valence-electron chi connectivity index (χ1n) is 8.93. The van der Waals surface area contributed by atoms with Gasteiger partial charge in [0.15, 0.2) is 0 Å². The van der Waals surface area contributed by atoms with Crippen molar-refractivity contribution in [2.24, 2.45) is 0 Å². The molecule has 0 saturated carbocycles. The quantitative estimate of drug-likeness (QED) is 0.732. The number of amides is 1. The minimum absolute atomic E-state index is 0.320. The molecular weight excluding hydrogens is 353 g/mol. The topological polar surface area (TPSA) is 32.3 Å². The van der Waals surface area contributed by atoms with Gasteiger partial charge in [-0.1, -0.05) is 12.1 Å². The Kier molecular flexibility index (Phi) is 5.84. The summed E-state index contributed by atoms with van der Waals surface area (Å²) in [6.07, 6.45) is 1.85. The molecule has 1 saturated heterocycles. The van der Waals surface area contributed by atoms with Crippen molar-refractivity contribution in [3.63, 3.8) is 0 Å². The van der Waals surface area contributed by atoms with Crippen LogP contribution >= 0.6 is 0 Å². The number of piperidine rings is 1. The van der Waals surface area contributed by atoms with Crippen molar-refractivity contribution < 1.29 is 18.0 Å². The normalized spacial score (nSPS) is 15.1. The minimum atomic E-state index is -4.40. The van der Waals surface area contributed by atoms with E-state index in [1.807, 2.05) is 24.3 Å². The van der Waals surface area contributed by atoms with E-state index in [0.29, 0.717) is 11.3 Å². The second kappa shape index (κ2) is 8.29. The summed E-state index contributed by atoms with van der Waals surface area (Å²) in [6.45, 7) is 2.09. The van der Waals surface area contributed by atoms with Crippen LogP contribution in [0.2, 0.25) is 0 Å². The Morgan fingerprint density at radius 2 is 1.70 bits per heavy atom. The van der Waals surface area contributed by atoms with E-state index < -0.39 is 17.6 Å². The van der Waals surface area contributed by atoms with Crippen LogP contribution in [0.15, 0.2) is 54.6 Å². The van der Waals surface area contributed by atoms with Crippen molar-refractivity contribution in [3.05, 3.63) is 65.7 Å². The smallest absolute Gasteiger partial charge is 0.372 e. The van der Waals surface area contributed by atoms with Gasteiger partial charge < -0.3 is 10.2 Å². The molecule has 2 aromatic carbocycles. The first-order chi connectivity index (χ1) is 12.9. The largest absolute Gasteiger partial charge is 0.416 e. The lowest BCUT2D eigenvalue weighted by atomic mass is 10.1. The number of hydrogen-bond acceptors (Lipinski definition) is 2. The fourth-order valence-corrected chi connectivity index (χ4v) is 3.08. The molecule has 6 heteroatoms. The van der Waals surface area contributed by atoms with E-state index in [2.05, 4.69) is 10.2 Å². The van der Waals surface area contributed by atoms with Gasteiger partial charge in [0.2, 0.25) is 5.91 Å². The van der Waals surface area contributed by atoms with Crippen LogP contribution in [0.3, 0.4) is 0 Å². The number of carbonyl (C=O) groups excluding carboxylic acids is 1. The fourth-order valence-electron chi connectivity index (χ4n) is 3.08. The summed E-state index contributed by atoms with van der Waals surface area (Å²) < 4.78 is 38.1. The number of halogens is 3. The zero-order valence-corrected chi connectivity index (χ0v) is 14.8. The van der Waals surface area contributed by atoms with E-state index in [1.54, 1.807) is 0 Å². The number of nitrogens with one attached hydrogen (secondary N) is 1. The number of carbonyl (C=O) groups is 1. The molecule has 1 aliphatic heterocycles. The maximum Gasteiger partial charge on any atom is 0.416 e. The first kappa shape index (κ1) is 19.0. The van der Waals surface area contributed by atoms with Crippen LogP contribution < -0.4 is 10.2 Å². The molecule has 0 spiro atoms. The number of anilines is 2. The molecule has 0 aromatic heterocycles. The molecule has 0 atom stereocenters. The van der Waals surface area contributed by atoms with Crippen LogP contribution in [-0.2, 0) is 11.0 Å². The van der Waals surface area contributed by atoms with Crippen LogP contribution in [0.25, 0.3) is 6.08 Å². The number of hydrogen-bond donors (Lipinski definition) is 1. The summed E-state index contributed by atoms with van der Waals surface area (Å²) in [5.41, 5.74) is 1.36. The van der Waals surface area contributed by atoms with Gasteiger partial charge in [0.1, 0.15) is 0 Å². The lowest BCUT2D eigenvalue weighted by Crippen LogP contribution is -2.29. The van der Waals surface area contributed by atoms with E-state index in [0.717, 1.165) is 30.9 Å². The third kappa shape index (κ3) is 5.36. The Morgan fingerprint density at radius 1 is 1.00 bits per heavy atom. The van der Waals surface area contributed by atoms with Crippen molar-refractivity contribution in [1.29, 1.82) is 0 Å². The Morgan fingerprint density at radius 3 is 2.37 bits per heavy atom. The number of rotatable bonds is 4. The summed E-state index contributed by atoms with van der Waals surface area (Å²) in [4.78, 5) is 14.3. The molecule has 1 heterocycles. The fraction of sp³-hybridized carbons (Fsp3) is 0.286. The van der Waals surface area contributed by atoms with Crippen LogP contribution in [0, 0.1) is 0 Å². The molecule has 3 nitrogen and oxygen atoms in total. The maximum absolute atomic E-state index is 12.7. The highest BCUT2D eigenvalue weighted by atomic mass is 19.4. The summed E-state index contributed by atoms with van der Waals surface area (Å²) in [7, 11) is 0. The van der Waals surface area contributed by atoms with E-state index >= 15 is 0 Å². The van der Waals surface area contributed by atoms with Gasteiger partial charge in [0, 0.05) is 30.5 Å². The highest BCUT2D eigenvalue weighted by Crippen LogP contribution is 2.29. The molecule has 1 aliphatic rings. The van der Waals surface area contributed by atoms with Crippen molar-refractivity contribution in [2.45, 2.75) is 25.4 Å². The van der Waals surface area contributed by atoms with Gasteiger partial charge in [-0.25, -0.2) is 0 Å². The average Bonchev–Trinajstić information content (AvgIpc) is 2.67. The first-order valence-corrected chi connectivity index (χ1v) is 8.93. The number of benzene rings is 2. The lowest BCUT2D eigenvalue weighted by molar-refractivity contribution is -0.137. The molecule has 1 N–H and O–H groups in total. The Hall–Kier alpha value is -2.76. The molecule has 0 bridgehead atoms. The van der Waals surface area contributed by atoms with Crippen LogP contribution in [0.5, 0.6) is 0 Å². The van der Waals surface area contributed by atoms with Crippen LogP contribution in [0.4, 0.5) is 24.5 Å². The molecule has 3 rings (SSSR count). The Bertz CT molecular complexity index is 807. The van der Waals surface area contributed by atoms with Crippen molar-refractivity contribution >= 4 is 23.4 Å². The molecule has 0 aliphatic carbocycles. The van der Waals surface area contributed by atoms with E-state index in [-0.39, 0.29) is 0 Å². The summed E-state index contributed by atoms with van der Waals surface area (Å²) >= 11 is 0. The van der Waals surface area contributed by atoms with Crippen molar-refractivity contribution in [2.75, 3.05) is 23.3 Å². The third-order valence-electron chi connectivity index (χ3n) is 4.50. The molecule has 27 heavy (non-hydrogen) atoms. The van der Waals surface area contributed by atoms with Crippen molar-refractivity contribution in [3.8, 4) is 0 Å². The third-order valence-corrected chi connectivity index (χ3v) is 4.50.